The average molecular weight is 252 g/mol. The molecule has 18 heavy (non-hydrogen) atoms. The molecule has 0 amide bonds. The summed E-state index contributed by atoms with van der Waals surface area (Å²) in [7, 11) is 3.12. The summed E-state index contributed by atoms with van der Waals surface area (Å²) in [6.07, 6.45) is 2.33. The van der Waals surface area contributed by atoms with Crippen molar-refractivity contribution in [2.75, 3.05) is 14.2 Å². The van der Waals surface area contributed by atoms with Crippen molar-refractivity contribution in [3.8, 4) is 11.5 Å². The highest BCUT2D eigenvalue weighted by molar-refractivity contribution is 5.44. The molecule has 0 radical (unpaired) electrons. The third-order valence-electron chi connectivity index (χ3n) is 3.70. The Morgan fingerprint density at radius 3 is 2.28 bits per heavy atom. The molecule has 0 aromatic heterocycles. The molecular weight excluding hydrogens is 232 g/mol. The molecule has 1 atom stereocenters. The lowest BCUT2D eigenvalue weighted by Crippen LogP contribution is -2.32. The quantitative estimate of drug-likeness (QED) is 0.861. The maximum atomic E-state index is 10.4. The van der Waals surface area contributed by atoms with E-state index in [1.807, 2.05) is 0 Å². The molecule has 4 nitrogen and oxygen atoms in total. The molecule has 0 spiro atoms. The van der Waals surface area contributed by atoms with Gasteiger partial charge in [-0.1, -0.05) is 18.9 Å². The van der Waals surface area contributed by atoms with Crippen LogP contribution in [0.15, 0.2) is 18.2 Å². The SMILES string of the molecule is COc1ccc(C(O)C2(O)CCCC2)cc1OC. The predicted octanol–water partition coefficient (Wildman–Crippen LogP) is 2.04. The molecule has 100 valence electrons. The Morgan fingerprint density at radius 1 is 1.11 bits per heavy atom. The monoisotopic (exact) mass is 252 g/mol. The molecule has 1 aromatic carbocycles. The summed E-state index contributed by atoms with van der Waals surface area (Å²) in [5, 5.41) is 20.7. The molecular formula is C14H20O4. The van der Waals surface area contributed by atoms with Gasteiger partial charge in [-0.2, -0.15) is 0 Å². The summed E-state index contributed by atoms with van der Waals surface area (Å²) in [6, 6.07) is 5.23. The molecule has 1 aromatic rings. The Hall–Kier alpha value is -1.26. The van der Waals surface area contributed by atoms with Gasteiger partial charge in [0.15, 0.2) is 11.5 Å². The van der Waals surface area contributed by atoms with E-state index in [4.69, 9.17) is 9.47 Å². The first kappa shape index (κ1) is 13.2. The number of hydrogen-bond acceptors (Lipinski definition) is 4. The number of hydrogen-bond donors (Lipinski definition) is 2. The number of ether oxygens (including phenoxy) is 2. The van der Waals surface area contributed by atoms with Crippen LogP contribution in [0.3, 0.4) is 0 Å². The minimum Gasteiger partial charge on any atom is -0.493 e. The van der Waals surface area contributed by atoms with E-state index < -0.39 is 11.7 Å². The molecule has 1 aliphatic carbocycles. The molecule has 1 aliphatic rings. The molecule has 1 unspecified atom stereocenters. The van der Waals surface area contributed by atoms with E-state index in [2.05, 4.69) is 0 Å². The van der Waals surface area contributed by atoms with Gasteiger partial charge in [-0.05, 0) is 30.5 Å². The number of rotatable bonds is 4. The van der Waals surface area contributed by atoms with Gasteiger partial charge in [0.1, 0.15) is 6.10 Å². The van der Waals surface area contributed by atoms with Crippen LogP contribution in [0.4, 0.5) is 0 Å². The molecule has 0 aliphatic heterocycles. The molecule has 0 bridgehead atoms. The highest BCUT2D eigenvalue weighted by Gasteiger charge is 2.39. The van der Waals surface area contributed by atoms with Gasteiger partial charge in [0.2, 0.25) is 0 Å². The van der Waals surface area contributed by atoms with Crippen LogP contribution in [0.2, 0.25) is 0 Å². The van der Waals surface area contributed by atoms with Gasteiger partial charge in [0.25, 0.3) is 0 Å². The van der Waals surface area contributed by atoms with Crippen molar-refractivity contribution in [2.45, 2.75) is 37.4 Å². The van der Waals surface area contributed by atoms with Crippen LogP contribution in [-0.2, 0) is 0 Å². The van der Waals surface area contributed by atoms with Gasteiger partial charge in [0.05, 0.1) is 19.8 Å². The summed E-state index contributed by atoms with van der Waals surface area (Å²) in [5.41, 5.74) is -0.336. The van der Waals surface area contributed by atoms with Crippen LogP contribution in [0.5, 0.6) is 11.5 Å². The van der Waals surface area contributed by atoms with E-state index in [-0.39, 0.29) is 0 Å². The first-order valence-electron chi connectivity index (χ1n) is 6.23. The molecule has 0 saturated heterocycles. The second kappa shape index (κ2) is 5.16. The smallest absolute Gasteiger partial charge is 0.161 e. The number of benzene rings is 1. The minimum absolute atomic E-state index is 0.565. The van der Waals surface area contributed by atoms with Crippen LogP contribution in [0.25, 0.3) is 0 Å². The van der Waals surface area contributed by atoms with Crippen molar-refractivity contribution in [3.05, 3.63) is 23.8 Å². The maximum Gasteiger partial charge on any atom is 0.161 e. The van der Waals surface area contributed by atoms with Crippen LogP contribution in [0, 0.1) is 0 Å². The van der Waals surface area contributed by atoms with Crippen molar-refractivity contribution >= 4 is 0 Å². The van der Waals surface area contributed by atoms with Gasteiger partial charge in [-0.3, -0.25) is 0 Å². The highest BCUT2D eigenvalue weighted by Crippen LogP contribution is 2.41. The fourth-order valence-corrected chi connectivity index (χ4v) is 2.59. The largest absolute Gasteiger partial charge is 0.493 e. The standard InChI is InChI=1S/C14H20O4/c1-17-11-6-5-10(9-12(11)18-2)13(15)14(16)7-3-4-8-14/h5-6,9,13,15-16H,3-4,7-8H2,1-2H3. The molecule has 2 N–H and O–H groups in total. The van der Waals surface area contributed by atoms with Crippen LogP contribution < -0.4 is 9.47 Å². The summed E-state index contributed by atoms with van der Waals surface area (Å²) < 4.78 is 10.4. The van der Waals surface area contributed by atoms with Crippen LogP contribution in [-0.4, -0.2) is 30.0 Å². The van der Waals surface area contributed by atoms with E-state index in [1.165, 1.54) is 0 Å². The Morgan fingerprint density at radius 2 is 1.72 bits per heavy atom. The van der Waals surface area contributed by atoms with Crippen molar-refractivity contribution in [1.82, 2.24) is 0 Å². The summed E-state index contributed by atoms with van der Waals surface area (Å²) in [5.74, 6) is 1.18. The zero-order chi connectivity index (χ0) is 13.2. The summed E-state index contributed by atoms with van der Waals surface area (Å²) in [6.45, 7) is 0. The van der Waals surface area contributed by atoms with Crippen LogP contribution >= 0.6 is 0 Å². The number of methoxy groups -OCH3 is 2. The Kier molecular flexibility index (Phi) is 3.78. The fourth-order valence-electron chi connectivity index (χ4n) is 2.59. The third kappa shape index (κ3) is 2.31. The lowest BCUT2D eigenvalue weighted by Gasteiger charge is -2.29. The topological polar surface area (TPSA) is 58.9 Å². The van der Waals surface area contributed by atoms with Crippen molar-refractivity contribution in [3.63, 3.8) is 0 Å². The Bertz CT molecular complexity index is 410. The Balaban J connectivity index is 2.27. The first-order valence-corrected chi connectivity index (χ1v) is 6.23. The van der Waals surface area contributed by atoms with Crippen molar-refractivity contribution < 1.29 is 19.7 Å². The van der Waals surface area contributed by atoms with Crippen molar-refractivity contribution in [1.29, 1.82) is 0 Å². The predicted molar refractivity (Wildman–Crippen MR) is 67.9 cm³/mol. The minimum atomic E-state index is -1.00. The molecule has 1 saturated carbocycles. The second-order valence-electron chi connectivity index (χ2n) is 4.83. The van der Waals surface area contributed by atoms with Gasteiger partial charge >= 0.3 is 0 Å². The molecule has 1 fully saturated rings. The normalized spacial score (nSPS) is 19.6. The van der Waals surface area contributed by atoms with E-state index in [9.17, 15) is 10.2 Å². The molecule has 2 rings (SSSR count). The second-order valence-corrected chi connectivity index (χ2v) is 4.83. The Labute approximate surface area is 107 Å². The maximum absolute atomic E-state index is 10.4. The number of aliphatic hydroxyl groups is 2. The van der Waals surface area contributed by atoms with Crippen molar-refractivity contribution in [2.24, 2.45) is 0 Å². The fraction of sp³-hybridized carbons (Fsp3) is 0.571. The molecule has 4 heteroatoms. The molecule has 0 heterocycles. The van der Waals surface area contributed by atoms with Gasteiger partial charge in [-0.15, -0.1) is 0 Å². The van der Waals surface area contributed by atoms with Crippen LogP contribution in [0.1, 0.15) is 37.4 Å². The lowest BCUT2D eigenvalue weighted by molar-refractivity contribution is -0.0719. The lowest BCUT2D eigenvalue weighted by atomic mass is 9.89. The van der Waals surface area contributed by atoms with Gasteiger partial charge in [-0.25, -0.2) is 0 Å². The zero-order valence-electron chi connectivity index (χ0n) is 10.8. The van der Waals surface area contributed by atoms with E-state index in [0.29, 0.717) is 29.9 Å². The summed E-state index contributed by atoms with van der Waals surface area (Å²) in [4.78, 5) is 0. The average Bonchev–Trinajstić information content (AvgIpc) is 2.85. The summed E-state index contributed by atoms with van der Waals surface area (Å²) >= 11 is 0. The van der Waals surface area contributed by atoms with Gasteiger partial charge < -0.3 is 19.7 Å². The van der Waals surface area contributed by atoms with E-state index >= 15 is 0 Å². The van der Waals surface area contributed by atoms with E-state index in [0.717, 1.165) is 12.8 Å². The number of aliphatic hydroxyl groups excluding tert-OH is 1. The zero-order valence-corrected chi connectivity index (χ0v) is 10.8. The van der Waals surface area contributed by atoms with E-state index in [1.54, 1.807) is 32.4 Å². The third-order valence-corrected chi connectivity index (χ3v) is 3.70. The first-order chi connectivity index (χ1) is 8.60. The highest BCUT2D eigenvalue weighted by atomic mass is 16.5. The van der Waals surface area contributed by atoms with Gasteiger partial charge in [0, 0.05) is 0 Å².